The summed E-state index contributed by atoms with van der Waals surface area (Å²) < 4.78 is 26.5. The van der Waals surface area contributed by atoms with Crippen LogP contribution in [0.1, 0.15) is 5.56 Å². The fourth-order valence-electron chi connectivity index (χ4n) is 1.66. The Morgan fingerprint density at radius 3 is 2.60 bits per heavy atom. The van der Waals surface area contributed by atoms with Crippen LogP contribution in [0.4, 0.5) is 20.2 Å². The number of rotatable bonds is 4. The molecular weight excluding hydrogens is 270 g/mol. The van der Waals surface area contributed by atoms with Crippen LogP contribution in [0, 0.1) is 21.7 Å². The zero-order valence-electron chi connectivity index (χ0n) is 10.1. The van der Waals surface area contributed by atoms with E-state index in [1.165, 1.54) is 18.2 Å². The zero-order valence-corrected chi connectivity index (χ0v) is 10.1. The summed E-state index contributed by atoms with van der Waals surface area (Å²) in [5.74, 6) is -2.20. The van der Waals surface area contributed by atoms with Crippen LogP contribution in [0.2, 0.25) is 0 Å². The number of halogens is 2. The van der Waals surface area contributed by atoms with Gasteiger partial charge in [-0.15, -0.1) is 0 Å². The molecule has 20 heavy (non-hydrogen) atoms. The number of benzene rings is 2. The number of anilines is 1. The first-order valence-corrected chi connectivity index (χ1v) is 5.63. The monoisotopic (exact) mass is 280 g/mol. The molecule has 2 N–H and O–H groups in total. The van der Waals surface area contributed by atoms with Gasteiger partial charge in [0, 0.05) is 29.9 Å². The molecule has 0 aliphatic carbocycles. The van der Waals surface area contributed by atoms with E-state index in [2.05, 4.69) is 5.32 Å². The van der Waals surface area contributed by atoms with Crippen LogP contribution < -0.4 is 5.32 Å². The molecule has 7 heteroatoms. The molecule has 0 amide bonds. The highest BCUT2D eigenvalue weighted by Crippen LogP contribution is 2.24. The second kappa shape index (κ2) is 5.52. The highest BCUT2D eigenvalue weighted by molar-refractivity contribution is 5.50. The van der Waals surface area contributed by atoms with E-state index >= 15 is 0 Å². The standard InChI is InChI=1S/C13H10F2N2O3/c14-10-3-1-2-8(13(10)18)7-16-9-4-5-12(17(19)20)11(15)6-9/h1-6,16,18H,7H2. The van der Waals surface area contributed by atoms with Crippen molar-refractivity contribution in [1.29, 1.82) is 0 Å². The molecule has 2 aromatic rings. The average molecular weight is 280 g/mol. The van der Waals surface area contributed by atoms with E-state index in [1.54, 1.807) is 0 Å². The van der Waals surface area contributed by atoms with Crippen LogP contribution in [-0.4, -0.2) is 10.0 Å². The molecule has 0 bridgehead atoms. The van der Waals surface area contributed by atoms with Crippen molar-refractivity contribution >= 4 is 11.4 Å². The number of nitrogens with one attached hydrogen (secondary N) is 1. The van der Waals surface area contributed by atoms with Gasteiger partial charge in [0.15, 0.2) is 11.6 Å². The van der Waals surface area contributed by atoms with Crippen molar-refractivity contribution < 1.29 is 18.8 Å². The third-order valence-electron chi connectivity index (χ3n) is 2.70. The Balaban J connectivity index is 2.13. The highest BCUT2D eigenvalue weighted by Gasteiger charge is 2.14. The van der Waals surface area contributed by atoms with E-state index in [4.69, 9.17) is 0 Å². The minimum Gasteiger partial charge on any atom is -0.505 e. The molecule has 0 spiro atoms. The molecule has 0 aliphatic heterocycles. The van der Waals surface area contributed by atoms with Gasteiger partial charge in [-0.3, -0.25) is 10.1 Å². The van der Waals surface area contributed by atoms with Gasteiger partial charge in [-0.05, 0) is 12.1 Å². The zero-order chi connectivity index (χ0) is 14.7. The van der Waals surface area contributed by atoms with Crippen LogP contribution in [0.5, 0.6) is 5.75 Å². The predicted molar refractivity (Wildman–Crippen MR) is 68.4 cm³/mol. The van der Waals surface area contributed by atoms with Crippen LogP contribution in [0.25, 0.3) is 0 Å². The van der Waals surface area contributed by atoms with Crippen LogP contribution in [0.3, 0.4) is 0 Å². The van der Waals surface area contributed by atoms with Gasteiger partial charge in [0.05, 0.1) is 4.92 Å². The van der Waals surface area contributed by atoms with E-state index < -0.39 is 28.0 Å². The largest absolute Gasteiger partial charge is 0.505 e. The van der Waals surface area contributed by atoms with Crippen molar-refractivity contribution in [1.82, 2.24) is 0 Å². The highest BCUT2D eigenvalue weighted by atomic mass is 19.1. The van der Waals surface area contributed by atoms with Crippen molar-refractivity contribution in [2.45, 2.75) is 6.54 Å². The minimum absolute atomic E-state index is 0.0564. The Morgan fingerprint density at radius 1 is 1.20 bits per heavy atom. The molecule has 0 saturated heterocycles. The lowest BCUT2D eigenvalue weighted by atomic mass is 10.2. The summed E-state index contributed by atoms with van der Waals surface area (Å²) in [5.41, 5.74) is -0.0373. The van der Waals surface area contributed by atoms with Crippen LogP contribution in [0.15, 0.2) is 36.4 Å². The summed E-state index contributed by atoms with van der Waals surface area (Å²) in [7, 11) is 0. The molecule has 0 unspecified atom stereocenters. The Labute approximate surface area is 112 Å². The second-order valence-corrected chi connectivity index (χ2v) is 4.02. The first-order chi connectivity index (χ1) is 9.49. The van der Waals surface area contributed by atoms with E-state index in [-0.39, 0.29) is 12.2 Å². The summed E-state index contributed by atoms with van der Waals surface area (Å²) in [6.07, 6.45) is 0. The number of nitro benzene ring substituents is 1. The molecular formula is C13H10F2N2O3. The van der Waals surface area contributed by atoms with E-state index in [1.807, 2.05) is 0 Å². The normalized spacial score (nSPS) is 10.3. The average Bonchev–Trinajstić information content (AvgIpc) is 2.40. The van der Waals surface area contributed by atoms with Crippen LogP contribution >= 0.6 is 0 Å². The molecule has 0 heterocycles. The molecule has 2 aromatic carbocycles. The maximum atomic E-state index is 13.4. The molecule has 0 aromatic heterocycles. The molecule has 2 rings (SSSR count). The molecule has 0 atom stereocenters. The predicted octanol–water partition coefficient (Wildman–Crippen LogP) is 3.19. The van der Waals surface area contributed by atoms with E-state index in [9.17, 15) is 24.0 Å². The number of hydrogen-bond donors (Lipinski definition) is 2. The summed E-state index contributed by atoms with van der Waals surface area (Å²) in [4.78, 5) is 9.64. The lowest BCUT2D eigenvalue weighted by molar-refractivity contribution is -0.387. The molecule has 0 fully saturated rings. The summed E-state index contributed by atoms with van der Waals surface area (Å²) in [6, 6.07) is 7.38. The van der Waals surface area contributed by atoms with Crippen molar-refractivity contribution in [3.8, 4) is 5.75 Å². The smallest absolute Gasteiger partial charge is 0.304 e. The van der Waals surface area contributed by atoms with Gasteiger partial charge >= 0.3 is 5.69 Å². The summed E-state index contributed by atoms with van der Waals surface area (Å²) in [5, 5.41) is 22.7. The third-order valence-corrected chi connectivity index (χ3v) is 2.70. The number of hydrogen-bond acceptors (Lipinski definition) is 4. The van der Waals surface area contributed by atoms with Gasteiger partial charge in [-0.2, -0.15) is 4.39 Å². The number of para-hydroxylation sites is 1. The maximum absolute atomic E-state index is 13.4. The number of phenolic OH excluding ortho intramolecular Hbond substituents is 1. The maximum Gasteiger partial charge on any atom is 0.304 e. The molecule has 0 saturated carbocycles. The summed E-state index contributed by atoms with van der Waals surface area (Å²) >= 11 is 0. The lowest BCUT2D eigenvalue weighted by Crippen LogP contribution is -2.01. The molecule has 104 valence electrons. The third kappa shape index (κ3) is 2.82. The summed E-state index contributed by atoms with van der Waals surface area (Å²) in [6.45, 7) is 0.0564. The Kier molecular flexibility index (Phi) is 3.79. The van der Waals surface area contributed by atoms with Crippen molar-refractivity contribution in [2.75, 3.05) is 5.32 Å². The fourth-order valence-corrected chi connectivity index (χ4v) is 1.66. The molecule has 0 radical (unpaired) electrons. The number of nitro groups is 1. The van der Waals surface area contributed by atoms with Crippen molar-refractivity contribution in [3.05, 3.63) is 63.7 Å². The van der Waals surface area contributed by atoms with Crippen LogP contribution in [-0.2, 0) is 6.54 Å². The quantitative estimate of drug-likeness (QED) is 0.666. The Hall–Kier alpha value is -2.70. The minimum atomic E-state index is -0.969. The van der Waals surface area contributed by atoms with Gasteiger partial charge < -0.3 is 10.4 Å². The number of nitrogens with zero attached hydrogens (tertiary/aromatic N) is 1. The molecule has 0 aliphatic rings. The van der Waals surface area contributed by atoms with Crippen molar-refractivity contribution in [2.24, 2.45) is 0 Å². The molecule has 5 nitrogen and oxygen atoms in total. The van der Waals surface area contributed by atoms with E-state index in [0.717, 1.165) is 18.2 Å². The Bertz CT molecular complexity index is 662. The topological polar surface area (TPSA) is 75.4 Å². The van der Waals surface area contributed by atoms with Gasteiger partial charge in [-0.25, -0.2) is 4.39 Å². The SMILES string of the molecule is O=[N+]([O-])c1ccc(NCc2cccc(F)c2O)cc1F. The van der Waals surface area contributed by atoms with E-state index in [0.29, 0.717) is 5.56 Å². The van der Waals surface area contributed by atoms with Gasteiger partial charge in [0.2, 0.25) is 5.82 Å². The first kappa shape index (κ1) is 13.7. The second-order valence-electron chi connectivity index (χ2n) is 4.02. The lowest BCUT2D eigenvalue weighted by Gasteiger charge is -2.08. The number of phenols is 1. The van der Waals surface area contributed by atoms with Gasteiger partial charge in [0.1, 0.15) is 0 Å². The Morgan fingerprint density at radius 2 is 1.95 bits per heavy atom. The first-order valence-electron chi connectivity index (χ1n) is 5.63. The number of aromatic hydroxyl groups is 1. The van der Waals surface area contributed by atoms with Gasteiger partial charge in [0.25, 0.3) is 0 Å². The fraction of sp³-hybridized carbons (Fsp3) is 0.0769. The van der Waals surface area contributed by atoms with Crippen molar-refractivity contribution in [3.63, 3.8) is 0 Å². The van der Waals surface area contributed by atoms with Gasteiger partial charge in [-0.1, -0.05) is 12.1 Å².